The summed E-state index contributed by atoms with van der Waals surface area (Å²) in [6, 6.07) is 3.69. The molecule has 3 atom stereocenters. The summed E-state index contributed by atoms with van der Waals surface area (Å²) >= 11 is 0. The van der Waals surface area contributed by atoms with Crippen LogP contribution in [0.5, 0.6) is 5.75 Å². The molecule has 0 saturated heterocycles. The van der Waals surface area contributed by atoms with Crippen molar-refractivity contribution in [3.8, 4) is 5.75 Å². The third kappa shape index (κ3) is 11.7. The average Bonchev–Trinajstić information content (AvgIpc) is 2.79. The minimum atomic E-state index is -0.934. The highest BCUT2D eigenvalue weighted by atomic mass is 16.3. The highest BCUT2D eigenvalue weighted by Crippen LogP contribution is 2.13. The van der Waals surface area contributed by atoms with Crippen LogP contribution in [0.25, 0.3) is 0 Å². The van der Waals surface area contributed by atoms with E-state index in [9.17, 15) is 24.3 Å². The van der Waals surface area contributed by atoms with E-state index in [0.29, 0.717) is 25.7 Å². The van der Waals surface area contributed by atoms with Gasteiger partial charge in [0.2, 0.25) is 17.7 Å². The van der Waals surface area contributed by atoms with Crippen molar-refractivity contribution < 1.29 is 24.3 Å². The summed E-state index contributed by atoms with van der Waals surface area (Å²) < 4.78 is 0. The van der Waals surface area contributed by atoms with Gasteiger partial charge in [0.05, 0.1) is 6.04 Å². The summed E-state index contributed by atoms with van der Waals surface area (Å²) in [4.78, 5) is 53.9. The lowest BCUT2D eigenvalue weighted by atomic mass is 10.00. The number of nitrogens with one attached hydrogen (secondary N) is 3. The van der Waals surface area contributed by atoms with Gasteiger partial charge in [-0.3, -0.25) is 19.4 Å². The number of phenols is 1. The van der Waals surface area contributed by atoms with E-state index in [1.165, 1.54) is 12.1 Å². The van der Waals surface area contributed by atoms with Gasteiger partial charge in [-0.15, -0.1) is 0 Å². The molecule has 0 aromatic heterocycles. The van der Waals surface area contributed by atoms with Crippen LogP contribution in [0.15, 0.2) is 29.3 Å². The fourth-order valence-corrected chi connectivity index (χ4v) is 3.46. The lowest BCUT2D eigenvalue weighted by Gasteiger charge is -2.26. The van der Waals surface area contributed by atoms with Gasteiger partial charge in [-0.1, -0.05) is 39.8 Å². The second-order valence-corrected chi connectivity index (χ2v) is 9.52. The maximum absolute atomic E-state index is 13.2. The largest absolute Gasteiger partial charge is 0.508 e. The molecule has 0 fully saturated rings. The molecule has 0 spiro atoms. The first-order valence-corrected chi connectivity index (χ1v) is 12.1. The van der Waals surface area contributed by atoms with Crippen LogP contribution < -0.4 is 27.4 Å². The topological polar surface area (TPSA) is 189 Å². The molecule has 0 heterocycles. The summed E-state index contributed by atoms with van der Waals surface area (Å²) in [5, 5.41) is 17.7. The number of phenolic OH excluding ortho intramolecular Hbond substituents is 1. The van der Waals surface area contributed by atoms with Crippen LogP contribution in [-0.2, 0) is 25.6 Å². The lowest BCUT2D eigenvalue weighted by molar-refractivity contribution is -0.133. The van der Waals surface area contributed by atoms with Crippen LogP contribution >= 0.6 is 0 Å². The Kier molecular flexibility index (Phi) is 13.0. The number of carbonyl (C=O) groups is 4. The monoisotopic (exact) mass is 504 g/mol. The van der Waals surface area contributed by atoms with E-state index in [1.807, 2.05) is 13.8 Å². The van der Waals surface area contributed by atoms with Crippen LogP contribution in [0.1, 0.15) is 52.5 Å². The molecule has 1 aromatic carbocycles. The van der Waals surface area contributed by atoms with Gasteiger partial charge in [-0.25, -0.2) is 0 Å². The van der Waals surface area contributed by atoms with Crippen LogP contribution in [0.3, 0.4) is 0 Å². The zero-order chi connectivity index (χ0) is 27.3. The molecule has 1 aromatic rings. The number of aldehydes is 1. The van der Waals surface area contributed by atoms with Gasteiger partial charge in [0.15, 0.2) is 5.96 Å². The van der Waals surface area contributed by atoms with E-state index >= 15 is 0 Å². The predicted octanol–water partition coefficient (Wildman–Crippen LogP) is 0.344. The maximum Gasteiger partial charge on any atom is 0.243 e. The Labute approximate surface area is 212 Å². The summed E-state index contributed by atoms with van der Waals surface area (Å²) in [5.41, 5.74) is 11.3. The van der Waals surface area contributed by atoms with Gasteiger partial charge in [0.1, 0.15) is 24.1 Å². The molecule has 0 bridgehead atoms. The van der Waals surface area contributed by atoms with Gasteiger partial charge in [-0.2, -0.15) is 0 Å². The molecule has 1 rings (SSSR count). The minimum Gasteiger partial charge on any atom is -0.508 e. The van der Waals surface area contributed by atoms with E-state index in [2.05, 4.69) is 20.9 Å². The first-order chi connectivity index (χ1) is 16.9. The number of aliphatic imine (C=N–C) groups is 1. The number of benzene rings is 1. The van der Waals surface area contributed by atoms with Crippen molar-refractivity contribution in [2.24, 2.45) is 28.3 Å². The zero-order valence-electron chi connectivity index (χ0n) is 21.5. The van der Waals surface area contributed by atoms with Gasteiger partial charge in [-0.05, 0) is 42.4 Å². The average molecular weight is 505 g/mol. The molecular weight excluding hydrogens is 464 g/mol. The Morgan fingerprint density at radius 1 is 1.00 bits per heavy atom. The molecule has 0 aliphatic carbocycles. The molecule has 3 amide bonds. The lowest BCUT2D eigenvalue weighted by Crippen LogP contribution is -2.57. The highest BCUT2D eigenvalue weighted by molar-refractivity contribution is 5.93. The van der Waals surface area contributed by atoms with Crippen molar-refractivity contribution >= 4 is 30.0 Å². The van der Waals surface area contributed by atoms with Crippen LogP contribution in [0, 0.1) is 11.8 Å². The fourth-order valence-electron chi connectivity index (χ4n) is 3.46. The van der Waals surface area contributed by atoms with Crippen molar-refractivity contribution in [1.82, 2.24) is 16.0 Å². The second-order valence-electron chi connectivity index (χ2n) is 9.52. The first kappa shape index (κ1) is 30.4. The van der Waals surface area contributed by atoms with Gasteiger partial charge in [0, 0.05) is 19.4 Å². The predicted molar refractivity (Wildman–Crippen MR) is 138 cm³/mol. The first-order valence-electron chi connectivity index (χ1n) is 12.1. The number of hydrogen-bond donors (Lipinski definition) is 6. The van der Waals surface area contributed by atoms with E-state index in [1.54, 1.807) is 26.0 Å². The van der Waals surface area contributed by atoms with Crippen molar-refractivity contribution in [2.45, 2.75) is 71.5 Å². The Hall–Kier alpha value is -3.63. The molecular formula is C25H40N6O5. The van der Waals surface area contributed by atoms with Crippen molar-refractivity contribution in [2.75, 3.05) is 6.54 Å². The molecule has 200 valence electrons. The zero-order valence-corrected chi connectivity index (χ0v) is 21.5. The van der Waals surface area contributed by atoms with Gasteiger partial charge >= 0.3 is 0 Å². The summed E-state index contributed by atoms with van der Waals surface area (Å²) in [5.74, 6) is -1.46. The number of nitrogens with zero attached hydrogens (tertiary/aromatic N) is 1. The third-order valence-electron chi connectivity index (χ3n) is 5.33. The number of hydrogen-bond acceptors (Lipinski definition) is 6. The molecule has 0 aliphatic heterocycles. The smallest absolute Gasteiger partial charge is 0.243 e. The fraction of sp³-hybridized carbons (Fsp3) is 0.560. The van der Waals surface area contributed by atoms with Gasteiger partial charge < -0.3 is 37.3 Å². The van der Waals surface area contributed by atoms with Crippen molar-refractivity contribution in [3.05, 3.63) is 29.8 Å². The van der Waals surface area contributed by atoms with Crippen LogP contribution in [0.2, 0.25) is 0 Å². The van der Waals surface area contributed by atoms with Gasteiger partial charge in [0.25, 0.3) is 0 Å². The standard InChI is InChI=1S/C25H40N6O5/c1-15(2)12-21(34)30-20(13-17-7-9-19(33)10-8-17)23(35)31-22(16(3)4)24(36)29-18(14-32)6-5-11-28-25(26)27/h7-10,14-16,18,20,22,33H,5-6,11-13H2,1-4H3,(H,29,36)(H,30,34)(H,31,35)(H4,26,27,28)/t18-,20-,22-/m0/s1. The third-order valence-corrected chi connectivity index (χ3v) is 5.33. The van der Waals surface area contributed by atoms with Crippen LogP contribution in [0.4, 0.5) is 0 Å². The Morgan fingerprint density at radius 3 is 2.17 bits per heavy atom. The maximum atomic E-state index is 13.2. The normalized spacial score (nSPS) is 13.4. The van der Waals surface area contributed by atoms with Crippen LogP contribution in [-0.4, -0.2) is 59.7 Å². The molecule has 0 aliphatic rings. The van der Waals surface area contributed by atoms with Crippen molar-refractivity contribution in [1.29, 1.82) is 0 Å². The summed E-state index contributed by atoms with van der Waals surface area (Å²) in [7, 11) is 0. The summed E-state index contributed by atoms with van der Waals surface area (Å²) in [6.45, 7) is 7.65. The number of nitrogens with two attached hydrogens (primary N) is 2. The molecule has 8 N–H and O–H groups in total. The number of guanidine groups is 1. The quantitative estimate of drug-likeness (QED) is 0.0859. The molecule has 0 radical (unpaired) electrons. The van der Waals surface area contributed by atoms with E-state index in [4.69, 9.17) is 11.5 Å². The van der Waals surface area contributed by atoms with E-state index in [0.717, 1.165) is 5.56 Å². The number of carbonyl (C=O) groups excluding carboxylic acids is 4. The second kappa shape index (κ2) is 15.4. The van der Waals surface area contributed by atoms with Crippen molar-refractivity contribution in [3.63, 3.8) is 0 Å². The molecule has 36 heavy (non-hydrogen) atoms. The number of rotatable bonds is 15. The number of amides is 3. The minimum absolute atomic E-state index is 0.0494. The molecule has 0 saturated carbocycles. The molecule has 11 heteroatoms. The highest BCUT2D eigenvalue weighted by Gasteiger charge is 2.30. The molecule has 11 nitrogen and oxygen atoms in total. The van der Waals surface area contributed by atoms with E-state index < -0.39 is 29.9 Å². The Morgan fingerprint density at radius 2 is 1.64 bits per heavy atom. The Balaban J connectivity index is 2.94. The van der Waals surface area contributed by atoms with E-state index in [-0.39, 0.29) is 42.3 Å². The number of aromatic hydroxyl groups is 1. The summed E-state index contributed by atoms with van der Waals surface area (Å²) in [6.07, 6.45) is 1.86. The molecule has 0 unspecified atom stereocenters. The Bertz CT molecular complexity index is 897. The SMILES string of the molecule is CC(C)CC(=O)N[C@@H](Cc1ccc(O)cc1)C(=O)N[C@H](C(=O)N[C@H](C=O)CCCN=C(N)N)C(C)C.